The lowest BCUT2D eigenvalue weighted by Crippen LogP contribution is -2.42. The number of methoxy groups -OCH3 is 2. The lowest BCUT2D eigenvalue weighted by Gasteiger charge is -2.33. The van der Waals surface area contributed by atoms with Gasteiger partial charge in [0.1, 0.15) is 11.5 Å². The molecule has 3 aromatic rings. The largest absolute Gasteiger partial charge is 0.497 e. The van der Waals surface area contributed by atoms with Crippen molar-refractivity contribution in [1.29, 1.82) is 0 Å². The monoisotopic (exact) mass is 425 g/mol. The van der Waals surface area contributed by atoms with Crippen molar-refractivity contribution in [2.45, 2.75) is 44.6 Å². The molecule has 0 atom stereocenters. The Hall–Kier alpha value is -3.29. The fourth-order valence-electron chi connectivity index (χ4n) is 4.01. The number of ether oxygens (including phenoxy) is 2. The number of hydrogen-bond acceptors (Lipinski definition) is 7. The maximum absolute atomic E-state index is 13.0. The first-order valence-corrected chi connectivity index (χ1v) is 10.6. The summed E-state index contributed by atoms with van der Waals surface area (Å²) in [6, 6.07) is 9.08. The van der Waals surface area contributed by atoms with E-state index in [2.05, 4.69) is 10.1 Å². The van der Waals surface area contributed by atoms with E-state index in [1.807, 2.05) is 17.0 Å². The molecule has 1 aromatic carbocycles. The highest BCUT2D eigenvalue weighted by Gasteiger charge is 2.28. The highest BCUT2D eigenvalue weighted by Crippen LogP contribution is 2.29. The number of aromatic nitrogens is 2. The van der Waals surface area contributed by atoms with Gasteiger partial charge in [-0.3, -0.25) is 4.79 Å². The molecule has 4 rings (SSSR count). The van der Waals surface area contributed by atoms with Crippen LogP contribution in [-0.4, -0.2) is 47.8 Å². The second-order valence-corrected chi connectivity index (χ2v) is 7.63. The molecular formula is C23H27N3O5. The summed E-state index contributed by atoms with van der Waals surface area (Å²) < 4.78 is 21.5. The van der Waals surface area contributed by atoms with Crippen LogP contribution in [-0.2, 0) is 6.42 Å². The Morgan fingerprint density at radius 1 is 1.13 bits per heavy atom. The number of carbonyl (C=O) groups excluding carboxylic acids is 1. The molecule has 8 nitrogen and oxygen atoms in total. The van der Waals surface area contributed by atoms with Gasteiger partial charge in [0, 0.05) is 30.6 Å². The van der Waals surface area contributed by atoms with Gasteiger partial charge in [0.05, 0.1) is 20.5 Å². The highest BCUT2D eigenvalue weighted by atomic mass is 16.5. The number of rotatable bonds is 8. The van der Waals surface area contributed by atoms with E-state index in [1.54, 1.807) is 32.4 Å². The van der Waals surface area contributed by atoms with Crippen molar-refractivity contribution in [2.75, 3.05) is 20.8 Å². The van der Waals surface area contributed by atoms with Crippen LogP contribution in [0.5, 0.6) is 11.5 Å². The average Bonchev–Trinajstić information content (AvgIpc) is 3.52. The smallest absolute Gasteiger partial charge is 0.289 e. The Labute approximate surface area is 181 Å². The third kappa shape index (κ3) is 4.90. The van der Waals surface area contributed by atoms with Gasteiger partial charge in [-0.2, -0.15) is 4.98 Å². The van der Waals surface area contributed by atoms with Gasteiger partial charge >= 0.3 is 0 Å². The van der Waals surface area contributed by atoms with Gasteiger partial charge in [-0.05, 0) is 37.1 Å². The van der Waals surface area contributed by atoms with Crippen molar-refractivity contribution in [2.24, 2.45) is 0 Å². The molecule has 1 saturated carbocycles. The lowest BCUT2D eigenvalue weighted by molar-refractivity contribution is 0.0599. The summed E-state index contributed by atoms with van der Waals surface area (Å²) in [4.78, 5) is 19.5. The number of nitrogens with zero attached hydrogens (tertiary/aromatic N) is 3. The minimum atomic E-state index is -0.0887. The Morgan fingerprint density at radius 3 is 2.52 bits per heavy atom. The first-order valence-electron chi connectivity index (χ1n) is 10.6. The second kappa shape index (κ2) is 9.68. The maximum Gasteiger partial charge on any atom is 0.289 e. The minimum Gasteiger partial charge on any atom is -0.497 e. The van der Waals surface area contributed by atoms with Gasteiger partial charge in [0.15, 0.2) is 5.76 Å². The summed E-state index contributed by atoms with van der Waals surface area (Å²) >= 11 is 0. The summed E-state index contributed by atoms with van der Waals surface area (Å²) in [6.45, 7) is 0.493. The maximum atomic E-state index is 13.0. The van der Waals surface area contributed by atoms with Crippen molar-refractivity contribution in [3.05, 3.63) is 48.2 Å². The predicted molar refractivity (Wildman–Crippen MR) is 113 cm³/mol. The SMILES string of the molecule is COc1cc(OC)cc(-c2noc(CCN(C(=O)c3ccco3)C3CCCCC3)n2)c1. The van der Waals surface area contributed by atoms with E-state index in [-0.39, 0.29) is 11.9 Å². The van der Waals surface area contributed by atoms with Gasteiger partial charge in [0.2, 0.25) is 11.7 Å². The fraction of sp³-hybridized carbons (Fsp3) is 0.435. The molecule has 164 valence electrons. The van der Waals surface area contributed by atoms with Crippen LogP contribution in [0.3, 0.4) is 0 Å². The molecule has 2 aromatic heterocycles. The van der Waals surface area contributed by atoms with Gasteiger partial charge < -0.3 is 23.3 Å². The third-order valence-electron chi connectivity index (χ3n) is 5.65. The lowest BCUT2D eigenvalue weighted by atomic mass is 9.94. The standard InChI is InChI=1S/C23H27N3O5/c1-28-18-13-16(14-19(15-18)29-2)22-24-21(31-25-22)10-11-26(17-7-4-3-5-8-17)23(27)20-9-6-12-30-20/h6,9,12-15,17H,3-5,7-8,10-11H2,1-2H3. The number of benzene rings is 1. The van der Waals surface area contributed by atoms with Crippen LogP contribution in [0.4, 0.5) is 0 Å². The van der Waals surface area contributed by atoms with Crippen molar-refractivity contribution in [1.82, 2.24) is 15.0 Å². The Morgan fingerprint density at radius 2 is 1.87 bits per heavy atom. The normalized spacial score (nSPS) is 14.4. The molecule has 1 aliphatic carbocycles. The molecule has 31 heavy (non-hydrogen) atoms. The first kappa shape index (κ1) is 21.0. The Bertz CT molecular complexity index is 970. The van der Waals surface area contributed by atoms with Crippen molar-refractivity contribution < 1.29 is 23.2 Å². The molecule has 8 heteroatoms. The molecule has 1 amide bonds. The van der Waals surface area contributed by atoms with E-state index in [0.29, 0.717) is 41.9 Å². The number of amides is 1. The average molecular weight is 425 g/mol. The Balaban J connectivity index is 1.49. The Kier molecular flexibility index (Phi) is 6.54. The van der Waals surface area contributed by atoms with E-state index in [9.17, 15) is 4.79 Å². The minimum absolute atomic E-state index is 0.0887. The zero-order chi connectivity index (χ0) is 21.6. The molecule has 0 unspecified atom stereocenters. The third-order valence-corrected chi connectivity index (χ3v) is 5.65. The summed E-state index contributed by atoms with van der Waals surface area (Å²) in [7, 11) is 3.19. The number of furan rings is 1. The van der Waals surface area contributed by atoms with Crippen LogP contribution < -0.4 is 9.47 Å². The van der Waals surface area contributed by atoms with Gasteiger partial charge in [0.25, 0.3) is 5.91 Å². The zero-order valence-electron chi connectivity index (χ0n) is 17.9. The van der Waals surface area contributed by atoms with Crippen LogP contribution in [0.15, 0.2) is 45.5 Å². The van der Waals surface area contributed by atoms with E-state index in [0.717, 1.165) is 31.2 Å². The zero-order valence-corrected chi connectivity index (χ0v) is 17.9. The molecular weight excluding hydrogens is 398 g/mol. The van der Waals surface area contributed by atoms with E-state index in [4.69, 9.17) is 18.4 Å². The number of carbonyl (C=O) groups is 1. The van der Waals surface area contributed by atoms with Crippen LogP contribution in [0.1, 0.15) is 48.5 Å². The summed E-state index contributed by atoms with van der Waals surface area (Å²) in [5.74, 6) is 2.49. The molecule has 0 saturated heterocycles. The first-order chi connectivity index (χ1) is 15.2. The van der Waals surface area contributed by atoms with E-state index < -0.39 is 0 Å². The molecule has 0 radical (unpaired) electrons. The summed E-state index contributed by atoms with van der Waals surface area (Å²) in [5.41, 5.74) is 0.738. The van der Waals surface area contributed by atoms with Crippen molar-refractivity contribution >= 4 is 5.91 Å². The topological polar surface area (TPSA) is 90.8 Å². The van der Waals surface area contributed by atoms with Crippen molar-refractivity contribution in [3.8, 4) is 22.9 Å². The molecule has 0 N–H and O–H groups in total. The van der Waals surface area contributed by atoms with Crippen LogP contribution >= 0.6 is 0 Å². The summed E-state index contributed by atoms with van der Waals surface area (Å²) in [5, 5.41) is 4.10. The van der Waals surface area contributed by atoms with Crippen LogP contribution in [0, 0.1) is 0 Å². The number of hydrogen-bond donors (Lipinski definition) is 0. The van der Waals surface area contributed by atoms with E-state index >= 15 is 0 Å². The molecule has 1 fully saturated rings. The molecule has 2 heterocycles. The second-order valence-electron chi connectivity index (χ2n) is 7.63. The van der Waals surface area contributed by atoms with Crippen LogP contribution in [0.25, 0.3) is 11.4 Å². The molecule has 1 aliphatic rings. The summed E-state index contributed by atoms with van der Waals surface area (Å²) in [6.07, 6.45) is 7.49. The van der Waals surface area contributed by atoms with Gasteiger partial charge in [-0.25, -0.2) is 0 Å². The highest BCUT2D eigenvalue weighted by molar-refractivity contribution is 5.91. The van der Waals surface area contributed by atoms with E-state index in [1.165, 1.54) is 12.7 Å². The van der Waals surface area contributed by atoms with Crippen LogP contribution in [0.2, 0.25) is 0 Å². The van der Waals surface area contributed by atoms with Gasteiger partial charge in [-0.1, -0.05) is 24.4 Å². The molecule has 0 aliphatic heterocycles. The van der Waals surface area contributed by atoms with Crippen molar-refractivity contribution in [3.63, 3.8) is 0 Å². The quantitative estimate of drug-likeness (QED) is 0.529. The fourth-order valence-corrected chi connectivity index (χ4v) is 4.01. The van der Waals surface area contributed by atoms with Gasteiger partial charge in [-0.15, -0.1) is 0 Å². The predicted octanol–water partition coefficient (Wildman–Crippen LogP) is 4.36. The molecule has 0 bridgehead atoms. The molecule has 0 spiro atoms.